The molecule has 2 fully saturated rings. The van der Waals surface area contributed by atoms with E-state index < -0.39 is 4.92 Å². The minimum atomic E-state index is -0.593. The maximum atomic E-state index is 13.3. The van der Waals surface area contributed by atoms with Crippen molar-refractivity contribution in [2.24, 2.45) is 10.9 Å². The number of hydrogen-bond donors (Lipinski definition) is 0. The number of amides is 1. The number of aliphatic imine (C=N–C) groups is 1. The molecule has 0 unspecified atom stereocenters. The van der Waals surface area contributed by atoms with E-state index in [0.29, 0.717) is 16.0 Å². The summed E-state index contributed by atoms with van der Waals surface area (Å²) in [5.41, 5.74) is 0.783. The lowest BCUT2D eigenvalue weighted by atomic mass is 9.85. The first-order valence-corrected chi connectivity index (χ1v) is 10.5. The summed E-state index contributed by atoms with van der Waals surface area (Å²) in [6, 6.07) is 12.4. The molecule has 2 atom stereocenters. The standard InChI is InChI=1S/C21H21N3O4S/c1-14-7-5-6-10-17(14)23-20(25)18(13-16-11-12-19(28-16)24(26)27)29-21(23)22-15-8-3-2-4-9-15/h2-4,8-9,11-14,17H,5-7,10H2,1H3/b18-13-,22-21?/t14-,17-/m0/s1. The van der Waals surface area contributed by atoms with Gasteiger partial charge in [0, 0.05) is 12.1 Å². The molecule has 1 aromatic carbocycles. The number of furan rings is 1. The first-order chi connectivity index (χ1) is 14.0. The summed E-state index contributed by atoms with van der Waals surface area (Å²) >= 11 is 1.29. The summed E-state index contributed by atoms with van der Waals surface area (Å²) in [5.74, 6) is 0.203. The average Bonchev–Trinajstić information content (AvgIpc) is 3.29. The minimum absolute atomic E-state index is 0.100. The van der Waals surface area contributed by atoms with Gasteiger partial charge in [0.2, 0.25) is 0 Å². The third kappa shape index (κ3) is 4.12. The van der Waals surface area contributed by atoms with Crippen molar-refractivity contribution in [1.29, 1.82) is 0 Å². The van der Waals surface area contributed by atoms with Gasteiger partial charge in [0.05, 0.1) is 16.7 Å². The topological polar surface area (TPSA) is 89.0 Å². The van der Waals surface area contributed by atoms with Gasteiger partial charge in [-0.1, -0.05) is 38.0 Å². The molecule has 0 N–H and O–H groups in total. The molecule has 4 rings (SSSR count). The van der Waals surface area contributed by atoms with Crippen LogP contribution in [0.15, 0.2) is 56.8 Å². The fourth-order valence-corrected chi connectivity index (χ4v) is 4.82. The molecule has 7 nitrogen and oxygen atoms in total. The molecule has 2 aliphatic rings. The number of nitro groups is 1. The molecule has 29 heavy (non-hydrogen) atoms. The highest BCUT2D eigenvalue weighted by Gasteiger charge is 2.41. The molecule has 1 aromatic heterocycles. The zero-order valence-electron chi connectivity index (χ0n) is 16.0. The molecule has 1 saturated heterocycles. The second-order valence-electron chi connectivity index (χ2n) is 7.28. The Balaban J connectivity index is 1.70. The molecule has 2 heterocycles. The van der Waals surface area contributed by atoms with E-state index in [2.05, 4.69) is 6.92 Å². The molecule has 0 radical (unpaired) electrons. The van der Waals surface area contributed by atoms with Gasteiger partial charge in [-0.15, -0.1) is 0 Å². The van der Waals surface area contributed by atoms with Crippen molar-refractivity contribution in [2.45, 2.75) is 38.6 Å². The van der Waals surface area contributed by atoms with E-state index in [0.717, 1.165) is 24.9 Å². The van der Waals surface area contributed by atoms with Crippen LogP contribution in [-0.2, 0) is 4.79 Å². The van der Waals surface area contributed by atoms with E-state index in [1.807, 2.05) is 35.2 Å². The van der Waals surface area contributed by atoms with Crippen LogP contribution in [0.3, 0.4) is 0 Å². The van der Waals surface area contributed by atoms with Crippen LogP contribution in [0.5, 0.6) is 0 Å². The summed E-state index contributed by atoms with van der Waals surface area (Å²) in [6.07, 6.45) is 5.86. The van der Waals surface area contributed by atoms with Crippen molar-refractivity contribution in [2.75, 3.05) is 0 Å². The van der Waals surface area contributed by atoms with Crippen molar-refractivity contribution in [3.63, 3.8) is 0 Å². The van der Waals surface area contributed by atoms with Gasteiger partial charge in [-0.25, -0.2) is 4.99 Å². The number of nitrogens with zero attached hydrogens (tertiary/aromatic N) is 3. The Kier molecular flexibility index (Phi) is 5.53. The molecule has 8 heteroatoms. The lowest BCUT2D eigenvalue weighted by Crippen LogP contribution is -2.44. The number of carbonyl (C=O) groups excluding carboxylic acids is 1. The van der Waals surface area contributed by atoms with E-state index in [9.17, 15) is 14.9 Å². The third-order valence-corrected chi connectivity index (χ3v) is 6.26. The second kappa shape index (κ2) is 8.24. The Bertz CT molecular complexity index is 983. The Morgan fingerprint density at radius 1 is 1.21 bits per heavy atom. The zero-order valence-corrected chi connectivity index (χ0v) is 16.8. The highest BCUT2D eigenvalue weighted by atomic mass is 32.2. The molecule has 0 bridgehead atoms. The molecule has 150 valence electrons. The fourth-order valence-electron chi connectivity index (χ4n) is 3.80. The monoisotopic (exact) mass is 411 g/mol. The molecule has 1 saturated carbocycles. The maximum Gasteiger partial charge on any atom is 0.433 e. The van der Waals surface area contributed by atoms with Gasteiger partial charge in [0.15, 0.2) is 5.17 Å². The van der Waals surface area contributed by atoms with E-state index in [1.165, 1.54) is 30.3 Å². The molecule has 2 aromatic rings. The minimum Gasteiger partial charge on any atom is -0.401 e. The van der Waals surface area contributed by atoms with Gasteiger partial charge < -0.3 is 4.42 Å². The first-order valence-electron chi connectivity index (χ1n) is 9.64. The van der Waals surface area contributed by atoms with Gasteiger partial charge in [0.1, 0.15) is 10.7 Å². The predicted molar refractivity (Wildman–Crippen MR) is 113 cm³/mol. The van der Waals surface area contributed by atoms with Gasteiger partial charge >= 0.3 is 5.88 Å². The maximum absolute atomic E-state index is 13.3. The first kappa shape index (κ1) is 19.4. The number of carbonyl (C=O) groups is 1. The number of para-hydroxylation sites is 1. The van der Waals surface area contributed by atoms with Gasteiger partial charge in [-0.2, -0.15) is 0 Å². The van der Waals surface area contributed by atoms with Crippen LogP contribution in [0, 0.1) is 16.0 Å². The number of thioether (sulfide) groups is 1. The van der Waals surface area contributed by atoms with Crippen LogP contribution in [0.1, 0.15) is 38.4 Å². The Morgan fingerprint density at radius 2 is 1.97 bits per heavy atom. The molecule has 1 amide bonds. The molecule has 1 aliphatic heterocycles. The van der Waals surface area contributed by atoms with Crippen molar-refractivity contribution in [1.82, 2.24) is 4.90 Å². The third-order valence-electron chi connectivity index (χ3n) is 5.28. The van der Waals surface area contributed by atoms with E-state index in [-0.39, 0.29) is 23.6 Å². The van der Waals surface area contributed by atoms with E-state index in [4.69, 9.17) is 9.41 Å². The quantitative estimate of drug-likeness (QED) is 0.383. The van der Waals surface area contributed by atoms with Gasteiger partial charge in [-0.3, -0.25) is 19.8 Å². The second-order valence-corrected chi connectivity index (χ2v) is 8.29. The summed E-state index contributed by atoms with van der Waals surface area (Å²) in [5, 5.41) is 11.5. The smallest absolute Gasteiger partial charge is 0.401 e. The van der Waals surface area contributed by atoms with Crippen molar-refractivity contribution in [3.8, 4) is 0 Å². The SMILES string of the molecule is C[C@H]1CCCC[C@@H]1N1C(=O)/C(=C/c2ccc([N+](=O)[O-])o2)SC1=Nc1ccccc1. The number of amidine groups is 1. The van der Waals surface area contributed by atoms with Gasteiger partial charge in [0.25, 0.3) is 5.91 Å². The Hall–Kier alpha value is -2.87. The summed E-state index contributed by atoms with van der Waals surface area (Å²) < 4.78 is 5.21. The van der Waals surface area contributed by atoms with Crippen molar-refractivity contribution >= 4 is 40.5 Å². The van der Waals surface area contributed by atoms with E-state index >= 15 is 0 Å². The average molecular weight is 411 g/mol. The van der Waals surface area contributed by atoms with Crippen LogP contribution in [-0.4, -0.2) is 26.9 Å². The van der Waals surface area contributed by atoms with Crippen LogP contribution in [0.4, 0.5) is 11.6 Å². The number of hydrogen-bond acceptors (Lipinski definition) is 6. The largest absolute Gasteiger partial charge is 0.433 e. The highest BCUT2D eigenvalue weighted by molar-refractivity contribution is 8.18. The zero-order chi connectivity index (χ0) is 20.4. The van der Waals surface area contributed by atoms with Crippen molar-refractivity contribution < 1.29 is 14.1 Å². The fraction of sp³-hybridized carbons (Fsp3) is 0.333. The van der Waals surface area contributed by atoms with Crippen LogP contribution in [0.25, 0.3) is 6.08 Å². The lowest BCUT2D eigenvalue weighted by molar-refractivity contribution is -0.402. The summed E-state index contributed by atoms with van der Waals surface area (Å²) in [6.45, 7) is 2.18. The Labute approximate surface area is 172 Å². The summed E-state index contributed by atoms with van der Waals surface area (Å²) in [7, 11) is 0. The number of rotatable bonds is 4. The normalized spacial score (nSPS) is 25.1. The van der Waals surface area contributed by atoms with Crippen LogP contribution >= 0.6 is 11.8 Å². The predicted octanol–water partition coefficient (Wildman–Crippen LogP) is 5.37. The molecule has 1 aliphatic carbocycles. The number of benzene rings is 1. The van der Waals surface area contributed by atoms with Crippen LogP contribution < -0.4 is 0 Å². The molecular weight excluding hydrogens is 390 g/mol. The Morgan fingerprint density at radius 3 is 2.66 bits per heavy atom. The van der Waals surface area contributed by atoms with Gasteiger partial charge in [-0.05, 0) is 48.7 Å². The molecule has 0 spiro atoms. The summed E-state index contributed by atoms with van der Waals surface area (Å²) in [4.78, 5) is 30.5. The van der Waals surface area contributed by atoms with Crippen LogP contribution in [0.2, 0.25) is 0 Å². The lowest BCUT2D eigenvalue weighted by Gasteiger charge is -2.35. The molecular formula is C21H21N3O4S. The van der Waals surface area contributed by atoms with E-state index in [1.54, 1.807) is 6.08 Å². The highest BCUT2D eigenvalue weighted by Crippen LogP contribution is 2.40. The van der Waals surface area contributed by atoms with Crippen molar-refractivity contribution in [3.05, 3.63) is 63.2 Å².